The molecule has 1 aromatic heterocycles. The average Bonchev–Trinajstić information content (AvgIpc) is 3.02. The van der Waals surface area contributed by atoms with Crippen molar-refractivity contribution < 1.29 is 13.9 Å². The second kappa shape index (κ2) is 10.5. The van der Waals surface area contributed by atoms with Crippen LogP contribution >= 0.6 is 24.0 Å². The molecule has 2 aromatic rings. The molecule has 0 aliphatic carbocycles. The van der Waals surface area contributed by atoms with E-state index < -0.39 is 5.60 Å². The van der Waals surface area contributed by atoms with Gasteiger partial charge in [-0.15, -0.1) is 24.0 Å². The monoisotopic (exact) mass is 475 g/mol. The average molecular weight is 475 g/mol. The first-order valence-electron chi connectivity index (χ1n) is 8.46. The summed E-state index contributed by atoms with van der Waals surface area (Å²) in [6.45, 7) is 7.03. The molecule has 1 aromatic carbocycles. The number of nitrogens with one attached hydrogen (secondary N) is 2. The molecule has 26 heavy (non-hydrogen) atoms. The third-order valence-electron chi connectivity index (χ3n) is 3.78. The van der Waals surface area contributed by atoms with Crippen LogP contribution in [0.15, 0.2) is 45.8 Å². The molecule has 1 unspecified atom stereocenters. The van der Waals surface area contributed by atoms with E-state index in [0.29, 0.717) is 24.8 Å². The number of halogens is 2. The summed E-state index contributed by atoms with van der Waals surface area (Å²) >= 11 is 0. The summed E-state index contributed by atoms with van der Waals surface area (Å²) in [6.07, 6.45) is 0.748. The minimum Gasteiger partial charge on any atom is -0.463 e. The first kappa shape index (κ1) is 22.4. The van der Waals surface area contributed by atoms with Gasteiger partial charge in [0, 0.05) is 13.1 Å². The van der Waals surface area contributed by atoms with Crippen LogP contribution in [0.4, 0.5) is 4.39 Å². The summed E-state index contributed by atoms with van der Waals surface area (Å²) in [5, 5.41) is 16.9. The molecule has 3 N–H and O–H groups in total. The molecule has 0 saturated carbocycles. The predicted octanol–water partition coefficient (Wildman–Crippen LogP) is 3.35. The van der Waals surface area contributed by atoms with Gasteiger partial charge in [-0.05, 0) is 57.0 Å². The van der Waals surface area contributed by atoms with Crippen molar-refractivity contribution in [2.24, 2.45) is 4.99 Å². The quantitative estimate of drug-likeness (QED) is 0.327. The van der Waals surface area contributed by atoms with Gasteiger partial charge in [-0.3, -0.25) is 0 Å². The van der Waals surface area contributed by atoms with Crippen molar-refractivity contribution in [3.63, 3.8) is 0 Å². The zero-order valence-corrected chi connectivity index (χ0v) is 17.7. The third kappa shape index (κ3) is 6.95. The minimum absolute atomic E-state index is 0. The van der Waals surface area contributed by atoms with Crippen molar-refractivity contribution in [1.82, 2.24) is 10.6 Å². The van der Waals surface area contributed by atoms with Gasteiger partial charge in [0.1, 0.15) is 22.9 Å². The Morgan fingerprint density at radius 2 is 1.88 bits per heavy atom. The van der Waals surface area contributed by atoms with Gasteiger partial charge in [-0.2, -0.15) is 0 Å². The lowest BCUT2D eigenvalue weighted by Gasteiger charge is -2.19. The van der Waals surface area contributed by atoms with Gasteiger partial charge in [0.2, 0.25) is 0 Å². The molecule has 0 bridgehead atoms. The smallest absolute Gasteiger partial charge is 0.191 e. The highest BCUT2D eigenvalue weighted by Crippen LogP contribution is 2.22. The summed E-state index contributed by atoms with van der Waals surface area (Å²) in [7, 11) is 0. The van der Waals surface area contributed by atoms with E-state index in [0.717, 1.165) is 17.7 Å². The normalized spacial score (nSPS) is 13.7. The van der Waals surface area contributed by atoms with Crippen molar-refractivity contribution in [2.45, 2.75) is 32.8 Å². The van der Waals surface area contributed by atoms with Gasteiger partial charge in [0.25, 0.3) is 0 Å². The molecular weight excluding hydrogens is 448 g/mol. The highest BCUT2D eigenvalue weighted by molar-refractivity contribution is 14.0. The molecule has 2 rings (SSSR count). The molecule has 0 saturated heterocycles. The van der Waals surface area contributed by atoms with Gasteiger partial charge < -0.3 is 20.2 Å². The minimum atomic E-state index is -1.17. The van der Waals surface area contributed by atoms with Crippen LogP contribution < -0.4 is 10.6 Å². The second-order valence-corrected chi connectivity index (χ2v) is 6.18. The number of rotatable bonds is 7. The number of hydrogen-bond donors (Lipinski definition) is 3. The molecule has 0 aliphatic rings. The summed E-state index contributed by atoms with van der Waals surface area (Å²) in [6, 6.07) is 10.0. The lowest BCUT2D eigenvalue weighted by molar-refractivity contribution is 0.0428. The molecule has 5 nitrogen and oxygen atoms in total. The molecule has 0 amide bonds. The van der Waals surface area contributed by atoms with E-state index in [-0.39, 0.29) is 36.3 Å². The molecule has 0 radical (unpaired) electrons. The number of guanidine groups is 1. The largest absolute Gasteiger partial charge is 0.463 e. The number of benzene rings is 1. The maximum Gasteiger partial charge on any atom is 0.191 e. The Kier molecular flexibility index (Phi) is 9.07. The van der Waals surface area contributed by atoms with Crippen molar-refractivity contribution in [3.8, 4) is 0 Å². The summed E-state index contributed by atoms with van der Waals surface area (Å²) in [5.41, 5.74) is -0.129. The Hall–Kier alpha value is -1.61. The highest BCUT2D eigenvalue weighted by atomic mass is 127. The molecule has 144 valence electrons. The van der Waals surface area contributed by atoms with E-state index in [2.05, 4.69) is 15.6 Å². The van der Waals surface area contributed by atoms with Gasteiger partial charge in [0.05, 0.1) is 6.54 Å². The standard InChI is InChI=1S/C19H26FN3O2.HI/c1-4-21-18(22-12-11-15-6-8-16(20)9-7-15)23-13-19(3,24)17-10-5-14(2)25-17;/h5-10,24H,4,11-13H2,1-3H3,(H2,21,22,23);1H. The zero-order valence-electron chi connectivity index (χ0n) is 15.4. The van der Waals surface area contributed by atoms with Crippen molar-refractivity contribution in [3.05, 3.63) is 59.3 Å². The van der Waals surface area contributed by atoms with Crippen molar-refractivity contribution >= 4 is 29.9 Å². The van der Waals surface area contributed by atoms with E-state index in [1.165, 1.54) is 12.1 Å². The van der Waals surface area contributed by atoms with Crippen molar-refractivity contribution in [1.29, 1.82) is 0 Å². The SMILES string of the molecule is CCNC(=NCC(C)(O)c1ccc(C)o1)NCCc1ccc(F)cc1.I. The van der Waals surface area contributed by atoms with E-state index in [1.54, 1.807) is 25.1 Å². The Bertz CT molecular complexity index is 699. The number of hydrogen-bond acceptors (Lipinski definition) is 3. The van der Waals surface area contributed by atoms with Gasteiger partial charge in [-0.1, -0.05) is 12.1 Å². The van der Waals surface area contributed by atoms with E-state index in [9.17, 15) is 9.50 Å². The molecule has 0 fully saturated rings. The first-order chi connectivity index (χ1) is 11.9. The number of aliphatic imine (C=N–C) groups is 1. The predicted molar refractivity (Wildman–Crippen MR) is 113 cm³/mol. The van der Waals surface area contributed by atoms with Crippen LogP contribution in [0.5, 0.6) is 0 Å². The molecule has 0 aliphatic heterocycles. The summed E-state index contributed by atoms with van der Waals surface area (Å²) in [4.78, 5) is 4.44. The van der Waals surface area contributed by atoms with Crippen LogP contribution in [-0.2, 0) is 12.0 Å². The van der Waals surface area contributed by atoms with Crippen LogP contribution in [0.3, 0.4) is 0 Å². The van der Waals surface area contributed by atoms with Crippen LogP contribution in [0.25, 0.3) is 0 Å². The molecule has 1 atom stereocenters. The molecule has 1 heterocycles. The fourth-order valence-corrected chi connectivity index (χ4v) is 2.35. The van der Waals surface area contributed by atoms with E-state index in [1.807, 2.05) is 19.9 Å². The number of furan rings is 1. The fourth-order valence-electron chi connectivity index (χ4n) is 2.35. The topological polar surface area (TPSA) is 69.8 Å². The van der Waals surface area contributed by atoms with E-state index in [4.69, 9.17) is 4.42 Å². The number of nitrogens with zero attached hydrogens (tertiary/aromatic N) is 1. The van der Waals surface area contributed by atoms with Gasteiger partial charge in [0.15, 0.2) is 5.96 Å². The van der Waals surface area contributed by atoms with Crippen LogP contribution in [0.1, 0.15) is 30.9 Å². The lowest BCUT2D eigenvalue weighted by atomic mass is 10.0. The summed E-state index contributed by atoms with van der Waals surface area (Å²) < 4.78 is 18.4. The van der Waals surface area contributed by atoms with Crippen LogP contribution in [0, 0.1) is 12.7 Å². The lowest BCUT2D eigenvalue weighted by Crippen LogP contribution is -2.39. The maximum atomic E-state index is 12.9. The third-order valence-corrected chi connectivity index (χ3v) is 3.78. The van der Waals surface area contributed by atoms with E-state index >= 15 is 0 Å². The Morgan fingerprint density at radius 3 is 2.46 bits per heavy atom. The number of aliphatic hydroxyl groups is 1. The molecular formula is C19H27FIN3O2. The Morgan fingerprint density at radius 1 is 1.19 bits per heavy atom. The highest BCUT2D eigenvalue weighted by Gasteiger charge is 2.26. The first-order valence-corrected chi connectivity index (χ1v) is 8.46. The van der Waals surface area contributed by atoms with Crippen LogP contribution in [0.2, 0.25) is 0 Å². The number of aryl methyl sites for hydroxylation is 1. The van der Waals surface area contributed by atoms with Crippen molar-refractivity contribution in [2.75, 3.05) is 19.6 Å². The zero-order chi connectivity index (χ0) is 18.3. The maximum absolute atomic E-state index is 12.9. The van der Waals surface area contributed by atoms with Gasteiger partial charge >= 0.3 is 0 Å². The second-order valence-electron chi connectivity index (χ2n) is 6.18. The molecule has 0 spiro atoms. The van der Waals surface area contributed by atoms with Gasteiger partial charge in [-0.25, -0.2) is 9.38 Å². The Balaban J connectivity index is 0.00000338. The molecule has 7 heteroatoms. The fraction of sp³-hybridized carbons (Fsp3) is 0.421. The summed E-state index contributed by atoms with van der Waals surface area (Å²) in [5.74, 6) is 1.63. The Labute approximate surface area is 171 Å². The van der Waals surface area contributed by atoms with Crippen LogP contribution in [-0.4, -0.2) is 30.7 Å².